The number of carbonyl (C=O) groups excluding carboxylic acids is 1. The van der Waals surface area contributed by atoms with Crippen molar-refractivity contribution < 1.29 is 9.53 Å². The van der Waals surface area contributed by atoms with Crippen LogP contribution in [0.1, 0.15) is 25.8 Å². The fraction of sp³-hybridized carbons (Fsp3) is 0.240. The summed E-state index contributed by atoms with van der Waals surface area (Å²) in [6.07, 6.45) is 0.0577. The van der Waals surface area contributed by atoms with Crippen molar-refractivity contribution in [1.82, 2.24) is 4.57 Å². The Kier molecular flexibility index (Phi) is 5.26. The lowest BCUT2D eigenvalue weighted by atomic mass is 10.1. The molecule has 4 rings (SSSR count). The van der Waals surface area contributed by atoms with Gasteiger partial charge in [-0.2, -0.15) is 0 Å². The number of nitrogens with zero attached hydrogens (tertiary/aromatic N) is 1. The van der Waals surface area contributed by atoms with Gasteiger partial charge in [0.15, 0.2) is 6.10 Å². The van der Waals surface area contributed by atoms with E-state index in [1.54, 1.807) is 0 Å². The van der Waals surface area contributed by atoms with Gasteiger partial charge < -0.3 is 14.6 Å². The highest BCUT2D eigenvalue weighted by molar-refractivity contribution is 6.10. The number of rotatable bonds is 6. The molecule has 29 heavy (non-hydrogen) atoms. The molecule has 0 aliphatic heterocycles. The molecule has 1 atom stereocenters. The Morgan fingerprint density at radius 2 is 1.69 bits per heavy atom. The molecular formula is C25H26N2O2. The maximum atomic E-state index is 12.8. The van der Waals surface area contributed by atoms with E-state index in [1.807, 2.05) is 44.2 Å². The van der Waals surface area contributed by atoms with Gasteiger partial charge in [-0.3, -0.25) is 4.79 Å². The molecule has 0 radical (unpaired) electrons. The van der Waals surface area contributed by atoms with E-state index in [-0.39, 0.29) is 5.91 Å². The molecule has 0 aliphatic rings. The molecule has 0 fully saturated rings. The molecule has 0 spiro atoms. The van der Waals surface area contributed by atoms with E-state index in [0.29, 0.717) is 12.2 Å². The highest BCUT2D eigenvalue weighted by Crippen LogP contribution is 2.31. The van der Waals surface area contributed by atoms with Gasteiger partial charge in [-0.05, 0) is 56.7 Å². The van der Waals surface area contributed by atoms with Crippen LogP contribution in [0.5, 0.6) is 5.75 Å². The number of anilines is 1. The Balaban J connectivity index is 1.60. The van der Waals surface area contributed by atoms with Gasteiger partial charge in [-0.25, -0.2) is 0 Å². The molecule has 4 nitrogen and oxygen atoms in total. The number of fused-ring (bicyclic) bond motifs is 3. The van der Waals surface area contributed by atoms with E-state index in [1.165, 1.54) is 16.4 Å². The summed E-state index contributed by atoms with van der Waals surface area (Å²) >= 11 is 0. The summed E-state index contributed by atoms with van der Waals surface area (Å²) < 4.78 is 8.21. The van der Waals surface area contributed by atoms with Gasteiger partial charge in [0.2, 0.25) is 0 Å². The zero-order valence-electron chi connectivity index (χ0n) is 17.1. The van der Waals surface area contributed by atoms with Crippen molar-refractivity contribution in [2.75, 3.05) is 5.32 Å². The van der Waals surface area contributed by atoms with Crippen LogP contribution in [-0.2, 0) is 11.3 Å². The van der Waals surface area contributed by atoms with Crippen LogP contribution in [0.15, 0.2) is 66.7 Å². The fourth-order valence-electron chi connectivity index (χ4n) is 3.80. The van der Waals surface area contributed by atoms with Crippen LogP contribution in [0.4, 0.5) is 5.69 Å². The standard InChI is InChI=1S/C25H26N2O2/c1-4-24(29-19-13-10-17(3)11-14-19)25(28)26-18-12-15-23-21(16-18)20-8-6-7-9-22(20)27(23)5-2/h6-16,24H,4-5H2,1-3H3,(H,26,28)/t24-/m1/s1. The average Bonchev–Trinajstić information content (AvgIpc) is 3.06. The van der Waals surface area contributed by atoms with E-state index in [4.69, 9.17) is 4.74 Å². The van der Waals surface area contributed by atoms with Gasteiger partial charge in [0.25, 0.3) is 5.91 Å². The summed E-state index contributed by atoms with van der Waals surface area (Å²) in [5.41, 5.74) is 4.33. The highest BCUT2D eigenvalue weighted by atomic mass is 16.5. The Labute approximate surface area is 171 Å². The Morgan fingerprint density at radius 3 is 2.41 bits per heavy atom. The number of aromatic nitrogens is 1. The van der Waals surface area contributed by atoms with Crippen molar-refractivity contribution in [1.29, 1.82) is 0 Å². The maximum Gasteiger partial charge on any atom is 0.265 e. The lowest BCUT2D eigenvalue weighted by Gasteiger charge is -2.17. The van der Waals surface area contributed by atoms with Crippen LogP contribution in [-0.4, -0.2) is 16.6 Å². The second-order valence-electron chi connectivity index (χ2n) is 7.31. The number of amides is 1. The molecule has 0 saturated carbocycles. The summed E-state index contributed by atoms with van der Waals surface area (Å²) in [6.45, 7) is 7.03. The smallest absolute Gasteiger partial charge is 0.265 e. The van der Waals surface area contributed by atoms with Crippen molar-refractivity contribution >= 4 is 33.4 Å². The Hall–Kier alpha value is -3.27. The van der Waals surface area contributed by atoms with Gasteiger partial charge >= 0.3 is 0 Å². The third kappa shape index (κ3) is 3.70. The summed E-state index contributed by atoms with van der Waals surface area (Å²) in [5.74, 6) is 0.575. The summed E-state index contributed by atoms with van der Waals surface area (Å²) in [7, 11) is 0. The molecule has 0 bridgehead atoms. The van der Waals surface area contributed by atoms with Crippen molar-refractivity contribution in [2.45, 2.75) is 39.8 Å². The summed E-state index contributed by atoms with van der Waals surface area (Å²) in [5, 5.41) is 5.38. The van der Waals surface area contributed by atoms with Crippen molar-refractivity contribution in [2.24, 2.45) is 0 Å². The zero-order valence-corrected chi connectivity index (χ0v) is 17.1. The predicted molar refractivity (Wildman–Crippen MR) is 120 cm³/mol. The molecule has 3 aromatic carbocycles. The number of carbonyl (C=O) groups is 1. The van der Waals surface area contributed by atoms with Gasteiger partial charge in [-0.1, -0.05) is 42.8 Å². The Morgan fingerprint density at radius 1 is 0.966 bits per heavy atom. The zero-order chi connectivity index (χ0) is 20.4. The molecule has 4 aromatic rings. The van der Waals surface area contributed by atoms with Crippen LogP contribution < -0.4 is 10.1 Å². The molecule has 1 amide bonds. The summed E-state index contributed by atoms with van der Waals surface area (Å²) in [4.78, 5) is 12.8. The molecule has 1 N–H and O–H groups in total. The van der Waals surface area contributed by atoms with Gasteiger partial charge in [-0.15, -0.1) is 0 Å². The molecule has 1 heterocycles. The average molecular weight is 386 g/mol. The van der Waals surface area contributed by atoms with Crippen molar-refractivity contribution in [3.8, 4) is 5.75 Å². The van der Waals surface area contributed by atoms with Crippen molar-refractivity contribution in [3.05, 3.63) is 72.3 Å². The van der Waals surface area contributed by atoms with Gasteiger partial charge in [0.05, 0.1) is 0 Å². The minimum absolute atomic E-state index is 0.133. The first-order valence-corrected chi connectivity index (χ1v) is 10.2. The van der Waals surface area contributed by atoms with Gasteiger partial charge in [0, 0.05) is 34.0 Å². The molecule has 0 saturated heterocycles. The fourth-order valence-corrected chi connectivity index (χ4v) is 3.80. The molecular weight excluding hydrogens is 360 g/mol. The van der Waals surface area contributed by atoms with Crippen LogP contribution in [0.25, 0.3) is 21.8 Å². The SMILES string of the molecule is CC[C@@H](Oc1ccc(C)cc1)C(=O)Nc1ccc2c(c1)c1ccccc1n2CC. The quantitative estimate of drug-likeness (QED) is 0.447. The highest BCUT2D eigenvalue weighted by Gasteiger charge is 2.19. The molecule has 1 aromatic heterocycles. The van der Waals surface area contributed by atoms with Crippen LogP contribution in [0.2, 0.25) is 0 Å². The topological polar surface area (TPSA) is 43.3 Å². The summed E-state index contributed by atoms with van der Waals surface area (Å²) in [6, 6.07) is 22.2. The normalized spacial score (nSPS) is 12.2. The minimum Gasteiger partial charge on any atom is -0.481 e. The molecule has 148 valence electrons. The number of para-hydroxylation sites is 1. The van der Waals surface area contributed by atoms with E-state index in [2.05, 4.69) is 53.2 Å². The van der Waals surface area contributed by atoms with Crippen LogP contribution in [0, 0.1) is 6.92 Å². The predicted octanol–water partition coefficient (Wildman–Crippen LogP) is 5.92. The second-order valence-corrected chi connectivity index (χ2v) is 7.31. The van der Waals surface area contributed by atoms with E-state index >= 15 is 0 Å². The van der Waals surface area contributed by atoms with E-state index in [0.717, 1.165) is 23.2 Å². The maximum absolute atomic E-state index is 12.8. The van der Waals surface area contributed by atoms with Gasteiger partial charge in [0.1, 0.15) is 5.75 Å². The van der Waals surface area contributed by atoms with Crippen LogP contribution in [0.3, 0.4) is 0 Å². The monoisotopic (exact) mass is 386 g/mol. The first kappa shape index (κ1) is 19.1. The van der Waals surface area contributed by atoms with Crippen LogP contribution >= 0.6 is 0 Å². The number of ether oxygens (including phenoxy) is 1. The Bertz CT molecular complexity index is 1160. The first-order chi connectivity index (χ1) is 14.1. The third-order valence-corrected chi connectivity index (χ3v) is 5.32. The molecule has 4 heteroatoms. The number of nitrogens with one attached hydrogen (secondary N) is 1. The number of benzene rings is 3. The lowest BCUT2D eigenvalue weighted by molar-refractivity contribution is -0.122. The first-order valence-electron chi connectivity index (χ1n) is 10.2. The number of hydrogen-bond acceptors (Lipinski definition) is 2. The second kappa shape index (κ2) is 8.00. The van der Waals surface area contributed by atoms with E-state index < -0.39 is 6.10 Å². The lowest BCUT2D eigenvalue weighted by Crippen LogP contribution is -2.32. The molecule has 0 aliphatic carbocycles. The number of hydrogen-bond donors (Lipinski definition) is 1. The number of aryl methyl sites for hydroxylation is 2. The largest absolute Gasteiger partial charge is 0.481 e. The minimum atomic E-state index is -0.537. The van der Waals surface area contributed by atoms with Crippen molar-refractivity contribution in [3.63, 3.8) is 0 Å². The third-order valence-electron chi connectivity index (χ3n) is 5.32. The molecule has 0 unspecified atom stereocenters. The van der Waals surface area contributed by atoms with E-state index in [9.17, 15) is 4.79 Å².